The number of likely N-dealkylation sites (N-methyl/N-ethyl adjacent to an activating group) is 1. The van der Waals surface area contributed by atoms with Crippen molar-refractivity contribution in [3.05, 3.63) is 94.8 Å². The van der Waals surface area contributed by atoms with Gasteiger partial charge in [0.2, 0.25) is 11.8 Å². The Morgan fingerprint density at radius 3 is 2.31 bits per heavy atom. The van der Waals surface area contributed by atoms with Gasteiger partial charge in [0.1, 0.15) is 18.4 Å². The van der Waals surface area contributed by atoms with Crippen molar-refractivity contribution < 1.29 is 22.4 Å². The number of amides is 2. The van der Waals surface area contributed by atoms with Crippen LogP contribution in [0.15, 0.2) is 77.7 Å². The number of hydrogen-bond donors (Lipinski definition) is 1. The molecule has 3 aromatic rings. The molecule has 0 aromatic heterocycles. The summed E-state index contributed by atoms with van der Waals surface area (Å²) in [5, 5.41) is 2.85. The summed E-state index contributed by atoms with van der Waals surface area (Å²) in [4.78, 5) is 27.2. The monoisotopic (exact) mass is 531 g/mol. The van der Waals surface area contributed by atoms with Gasteiger partial charge >= 0.3 is 0 Å². The fraction of sp³-hybridized carbons (Fsp3) is 0.231. The summed E-state index contributed by atoms with van der Waals surface area (Å²) in [6.45, 7) is 2.48. The van der Waals surface area contributed by atoms with Gasteiger partial charge in [-0.3, -0.25) is 13.9 Å². The number of anilines is 1. The van der Waals surface area contributed by atoms with Gasteiger partial charge in [0.15, 0.2) is 0 Å². The Morgan fingerprint density at radius 2 is 1.69 bits per heavy atom. The number of sulfonamides is 1. The van der Waals surface area contributed by atoms with Gasteiger partial charge in [-0.1, -0.05) is 41.9 Å². The number of halogens is 2. The van der Waals surface area contributed by atoms with E-state index in [0.29, 0.717) is 5.02 Å². The predicted molar refractivity (Wildman–Crippen MR) is 138 cm³/mol. The minimum atomic E-state index is -4.20. The zero-order valence-corrected chi connectivity index (χ0v) is 21.7. The average molecular weight is 532 g/mol. The molecule has 2 amide bonds. The quantitative estimate of drug-likeness (QED) is 0.449. The van der Waals surface area contributed by atoms with Crippen LogP contribution >= 0.6 is 11.6 Å². The molecule has 0 saturated carbocycles. The van der Waals surface area contributed by atoms with Crippen LogP contribution in [-0.4, -0.2) is 44.8 Å². The van der Waals surface area contributed by atoms with E-state index >= 15 is 0 Å². The molecule has 1 N–H and O–H groups in total. The van der Waals surface area contributed by atoms with Crippen molar-refractivity contribution in [3.8, 4) is 0 Å². The molecule has 0 heterocycles. The maximum absolute atomic E-state index is 14.4. The molecule has 1 unspecified atom stereocenters. The number of benzene rings is 3. The van der Waals surface area contributed by atoms with E-state index < -0.39 is 40.2 Å². The van der Waals surface area contributed by atoms with Crippen molar-refractivity contribution in [1.82, 2.24) is 10.2 Å². The van der Waals surface area contributed by atoms with Crippen LogP contribution in [0.25, 0.3) is 0 Å². The first-order valence-electron chi connectivity index (χ1n) is 11.1. The molecule has 0 bridgehead atoms. The minimum Gasteiger partial charge on any atom is -0.357 e. The lowest BCUT2D eigenvalue weighted by molar-refractivity contribution is -0.139. The van der Waals surface area contributed by atoms with Gasteiger partial charge < -0.3 is 10.2 Å². The lowest BCUT2D eigenvalue weighted by Gasteiger charge is -2.32. The molecule has 0 fully saturated rings. The van der Waals surface area contributed by atoms with Crippen molar-refractivity contribution in [1.29, 1.82) is 0 Å². The van der Waals surface area contributed by atoms with Crippen LogP contribution in [-0.2, 0) is 26.2 Å². The third-order valence-electron chi connectivity index (χ3n) is 5.68. The molecule has 3 aromatic carbocycles. The molecule has 0 saturated heterocycles. The molecular weight excluding hydrogens is 505 g/mol. The second-order valence-corrected chi connectivity index (χ2v) is 10.5. The lowest BCUT2D eigenvalue weighted by atomic mass is 10.1. The van der Waals surface area contributed by atoms with E-state index in [9.17, 15) is 22.4 Å². The Balaban J connectivity index is 2.05. The third kappa shape index (κ3) is 6.22. The first kappa shape index (κ1) is 27.2. The van der Waals surface area contributed by atoms with Crippen LogP contribution in [0.3, 0.4) is 0 Å². The number of nitrogens with zero attached hydrogens (tertiary/aromatic N) is 2. The van der Waals surface area contributed by atoms with E-state index in [-0.39, 0.29) is 22.7 Å². The van der Waals surface area contributed by atoms with Gasteiger partial charge in [0.25, 0.3) is 10.0 Å². The Morgan fingerprint density at radius 1 is 1.03 bits per heavy atom. The van der Waals surface area contributed by atoms with Gasteiger partial charge in [0.05, 0.1) is 10.6 Å². The van der Waals surface area contributed by atoms with Crippen molar-refractivity contribution in [2.45, 2.75) is 31.3 Å². The molecule has 10 heteroatoms. The number of nitrogens with one attached hydrogen (secondary N) is 1. The maximum Gasteiger partial charge on any atom is 0.264 e. The Labute approximate surface area is 215 Å². The summed E-state index contributed by atoms with van der Waals surface area (Å²) in [6.07, 6.45) is 0. The van der Waals surface area contributed by atoms with E-state index in [1.54, 1.807) is 37.3 Å². The van der Waals surface area contributed by atoms with Crippen LogP contribution in [0.4, 0.5) is 10.1 Å². The number of carbonyl (C=O) groups excluding carboxylic acids is 2. The van der Waals surface area contributed by atoms with Crippen molar-refractivity contribution in [2.24, 2.45) is 0 Å². The largest absolute Gasteiger partial charge is 0.357 e. The van der Waals surface area contributed by atoms with Gasteiger partial charge in [-0.25, -0.2) is 12.8 Å². The van der Waals surface area contributed by atoms with Gasteiger partial charge in [-0.05, 0) is 61.9 Å². The second-order valence-electron chi connectivity index (χ2n) is 8.21. The number of hydrogen-bond acceptors (Lipinski definition) is 4. The fourth-order valence-electron chi connectivity index (χ4n) is 3.65. The van der Waals surface area contributed by atoms with E-state index in [1.165, 1.54) is 56.4 Å². The van der Waals surface area contributed by atoms with Crippen LogP contribution in [0.1, 0.15) is 18.1 Å². The molecule has 0 aliphatic heterocycles. The Hall–Kier alpha value is -3.43. The van der Waals surface area contributed by atoms with E-state index in [1.807, 2.05) is 0 Å². The second kappa shape index (κ2) is 11.5. The third-order valence-corrected chi connectivity index (χ3v) is 7.72. The number of rotatable bonds is 9. The normalized spacial score (nSPS) is 12.0. The smallest absolute Gasteiger partial charge is 0.264 e. The molecule has 3 rings (SSSR count). The van der Waals surface area contributed by atoms with E-state index in [0.717, 1.165) is 14.8 Å². The topological polar surface area (TPSA) is 86.8 Å². The van der Waals surface area contributed by atoms with Crippen LogP contribution < -0.4 is 9.62 Å². The SMILES string of the molecule is CNC(=O)C(C)N(Cc1ccccc1F)C(=O)CN(c1cccc(C)c1)S(=O)(=O)c1ccc(Cl)cc1. The lowest BCUT2D eigenvalue weighted by Crippen LogP contribution is -2.50. The molecule has 0 aliphatic carbocycles. The summed E-state index contributed by atoms with van der Waals surface area (Å²) in [5.41, 5.74) is 1.26. The zero-order valence-electron chi connectivity index (χ0n) is 20.1. The van der Waals surface area contributed by atoms with Gasteiger partial charge in [0, 0.05) is 24.2 Å². The first-order chi connectivity index (χ1) is 17.0. The highest BCUT2D eigenvalue weighted by Crippen LogP contribution is 2.26. The highest BCUT2D eigenvalue weighted by Gasteiger charge is 2.32. The molecular formula is C26H27ClFN3O4S. The summed E-state index contributed by atoms with van der Waals surface area (Å²) >= 11 is 5.94. The summed E-state index contributed by atoms with van der Waals surface area (Å²) < 4.78 is 42.7. The molecule has 0 aliphatic rings. The van der Waals surface area contributed by atoms with Crippen LogP contribution in [0.5, 0.6) is 0 Å². The Bertz CT molecular complexity index is 1350. The summed E-state index contributed by atoms with van der Waals surface area (Å²) in [6, 6.07) is 17.2. The number of aryl methyl sites for hydroxylation is 1. The molecule has 1 atom stereocenters. The average Bonchev–Trinajstić information content (AvgIpc) is 2.85. The molecule has 7 nitrogen and oxygen atoms in total. The van der Waals surface area contributed by atoms with Crippen LogP contribution in [0.2, 0.25) is 5.02 Å². The van der Waals surface area contributed by atoms with Gasteiger partial charge in [-0.15, -0.1) is 0 Å². The molecule has 0 spiro atoms. The first-order valence-corrected chi connectivity index (χ1v) is 13.0. The minimum absolute atomic E-state index is 0.0544. The van der Waals surface area contributed by atoms with Gasteiger partial charge in [-0.2, -0.15) is 0 Å². The van der Waals surface area contributed by atoms with Crippen LogP contribution in [0, 0.1) is 12.7 Å². The fourth-order valence-corrected chi connectivity index (χ4v) is 5.18. The number of carbonyl (C=O) groups is 2. The highest BCUT2D eigenvalue weighted by atomic mass is 35.5. The van der Waals surface area contributed by atoms with Crippen molar-refractivity contribution in [2.75, 3.05) is 17.9 Å². The standard InChI is InChI=1S/C26H27ClFN3O4S/c1-18-7-6-9-22(15-18)31(36(34,35)23-13-11-21(27)12-14-23)17-25(32)30(19(2)26(33)29-3)16-20-8-4-5-10-24(20)28/h4-15,19H,16-17H2,1-3H3,(H,29,33). The molecule has 0 radical (unpaired) electrons. The maximum atomic E-state index is 14.4. The summed E-state index contributed by atoms with van der Waals surface area (Å²) in [5.74, 6) is -1.68. The van der Waals surface area contributed by atoms with Crippen molar-refractivity contribution in [3.63, 3.8) is 0 Å². The van der Waals surface area contributed by atoms with E-state index in [4.69, 9.17) is 11.6 Å². The van der Waals surface area contributed by atoms with E-state index in [2.05, 4.69) is 5.32 Å². The molecule has 190 valence electrons. The predicted octanol–water partition coefficient (Wildman–Crippen LogP) is 4.15. The Kier molecular flexibility index (Phi) is 8.70. The highest BCUT2D eigenvalue weighted by molar-refractivity contribution is 7.92. The van der Waals surface area contributed by atoms with Crippen molar-refractivity contribution >= 4 is 39.1 Å². The molecule has 36 heavy (non-hydrogen) atoms. The zero-order chi connectivity index (χ0) is 26.5. The summed E-state index contributed by atoms with van der Waals surface area (Å²) in [7, 11) is -2.77.